The number of alkyl halides is 3. The van der Waals surface area contributed by atoms with Crippen molar-refractivity contribution in [1.82, 2.24) is 4.98 Å². The van der Waals surface area contributed by atoms with Crippen molar-refractivity contribution < 1.29 is 22.7 Å². The van der Waals surface area contributed by atoms with Gasteiger partial charge in [-0.1, -0.05) is 83.2 Å². The summed E-state index contributed by atoms with van der Waals surface area (Å²) < 4.78 is 44.6. The number of benzene rings is 2. The van der Waals surface area contributed by atoms with Crippen LogP contribution in [0.5, 0.6) is 5.75 Å². The van der Waals surface area contributed by atoms with Crippen molar-refractivity contribution in [3.63, 3.8) is 0 Å². The van der Waals surface area contributed by atoms with Gasteiger partial charge in [0.2, 0.25) is 0 Å². The number of ether oxygens (including phenoxy) is 1. The number of thiazole rings is 1. The fourth-order valence-electron chi connectivity index (χ4n) is 3.60. The highest BCUT2D eigenvalue weighted by atomic mass is 32.1. The van der Waals surface area contributed by atoms with E-state index < -0.39 is 17.3 Å². The zero-order valence-corrected chi connectivity index (χ0v) is 27.6. The van der Waals surface area contributed by atoms with Crippen LogP contribution in [0.3, 0.4) is 0 Å². The lowest BCUT2D eigenvalue weighted by Gasteiger charge is -2.24. The Labute approximate surface area is 257 Å². The Balaban J connectivity index is 0.00000138. The molecule has 4 rings (SSSR count). The number of aryl methyl sites for hydroxylation is 1. The first-order valence-electron chi connectivity index (χ1n) is 14.2. The van der Waals surface area contributed by atoms with Gasteiger partial charge in [0.25, 0.3) is 0 Å². The fraction of sp³-hybridized carbons (Fsp3) is 0.394. The first kappa shape index (κ1) is 36.9. The van der Waals surface area contributed by atoms with E-state index >= 15 is 0 Å². The number of halogens is 3. The average molecular weight is 621 g/mol. The maximum Gasteiger partial charge on any atom is 0.416 e. The van der Waals surface area contributed by atoms with E-state index in [0.29, 0.717) is 29.4 Å². The van der Waals surface area contributed by atoms with Gasteiger partial charge in [0.1, 0.15) is 15.8 Å². The molecule has 0 radical (unpaired) electrons. The molecule has 0 bridgehead atoms. The Morgan fingerprint density at radius 3 is 2.10 bits per heavy atom. The van der Waals surface area contributed by atoms with Crippen LogP contribution < -0.4 is 9.64 Å². The predicted octanol–water partition coefficient (Wildman–Crippen LogP) is 10.8. The number of carbonyl (C=O) groups is 1. The van der Waals surface area contributed by atoms with Crippen LogP contribution in [0, 0.1) is 6.92 Å². The van der Waals surface area contributed by atoms with Gasteiger partial charge in [-0.25, -0.2) is 4.98 Å². The Kier molecular flexibility index (Phi) is 15.5. The van der Waals surface area contributed by atoms with Gasteiger partial charge in [-0.15, -0.1) is 11.3 Å². The van der Waals surface area contributed by atoms with Crippen molar-refractivity contribution >= 4 is 34.0 Å². The van der Waals surface area contributed by atoms with Crippen LogP contribution in [0.15, 0.2) is 66.2 Å². The van der Waals surface area contributed by atoms with E-state index in [1.54, 1.807) is 31.4 Å². The number of hydrogen-bond donors (Lipinski definition) is 0. The lowest BCUT2D eigenvalue weighted by atomic mass is 10.1. The number of thiophene rings is 1. The summed E-state index contributed by atoms with van der Waals surface area (Å²) in [6.45, 7) is 18.6. The van der Waals surface area contributed by atoms with Gasteiger partial charge < -0.3 is 9.64 Å². The molecule has 0 fully saturated rings. The number of aldehydes is 1. The minimum absolute atomic E-state index is 0.602. The summed E-state index contributed by atoms with van der Waals surface area (Å²) in [5.41, 5.74) is 1.04. The van der Waals surface area contributed by atoms with Gasteiger partial charge in [0, 0.05) is 17.0 Å². The summed E-state index contributed by atoms with van der Waals surface area (Å²) in [4.78, 5) is 19.1. The molecule has 4 nitrogen and oxygen atoms in total. The van der Waals surface area contributed by atoms with Crippen molar-refractivity contribution in [2.24, 2.45) is 0 Å². The zero-order chi connectivity index (χ0) is 31.9. The monoisotopic (exact) mass is 620 g/mol. The second kappa shape index (κ2) is 17.7. The number of aromatic nitrogens is 1. The third kappa shape index (κ3) is 10.9. The molecule has 2 aromatic carbocycles. The molecule has 0 aliphatic carbocycles. The molecule has 4 aromatic rings. The molecule has 0 atom stereocenters. The highest BCUT2D eigenvalue weighted by molar-refractivity contribution is 7.19. The van der Waals surface area contributed by atoms with Gasteiger partial charge in [0.15, 0.2) is 11.9 Å². The van der Waals surface area contributed by atoms with Gasteiger partial charge >= 0.3 is 6.18 Å². The van der Waals surface area contributed by atoms with Crippen LogP contribution in [0.2, 0.25) is 0 Å². The molecule has 0 unspecified atom stereocenters. The Hall–Kier alpha value is -3.17. The van der Waals surface area contributed by atoms with Gasteiger partial charge in [0.05, 0.1) is 18.3 Å². The summed E-state index contributed by atoms with van der Waals surface area (Å²) in [5, 5.41) is 3.60. The van der Waals surface area contributed by atoms with E-state index in [2.05, 4.69) is 16.0 Å². The van der Waals surface area contributed by atoms with Crippen LogP contribution in [0.25, 0.3) is 10.6 Å². The van der Waals surface area contributed by atoms with Crippen molar-refractivity contribution in [3.05, 3.63) is 87.7 Å². The SMILES string of the molecule is CC.CC.CC.Cc1cc(CN(Cc2cccs2)c2cnc(-c3ccc(C(F)(F)F)cc3)s2)ccc1OC(C)(C)C=O. The molecule has 0 N–H and O–H groups in total. The minimum atomic E-state index is -4.37. The average Bonchev–Trinajstić information content (AvgIpc) is 3.70. The van der Waals surface area contributed by atoms with E-state index in [0.717, 1.165) is 34.5 Å². The molecule has 0 saturated heterocycles. The van der Waals surface area contributed by atoms with E-state index in [1.807, 2.05) is 78.1 Å². The third-order valence-corrected chi connectivity index (χ3v) is 7.43. The second-order valence-corrected chi connectivity index (χ2v) is 11.0. The van der Waals surface area contributed by atoms with Crippen molar-refractivity contribution in [2.45, 2.75) is 87.2 Å². The first-order valence-corrected chi connectivity index (χ1v) is 15.9. The van der Waals surface area contributed by atoms with E-state index in [4.69, 9.17) is 4.74 Å². The zero-order valence-electron chi connectivity index (χ0n) is 26.0. The Morgan fingerprint density at radius 2 is 1.57 bits per heavy atom. The fourth-order valence-corrected chi connectivity index (χ4v) is 5.24. The Bertz CT molecular complexity index is 1320. The van der Waals surface area contributed by atoms with E-state index in [9.17, 15) is 18.0 Å². The molecule has 0 amide bonds. The molecule has 9 heteroatoms. The molecule has 0 aliphatic rings. The minimum Gasteiger partial charge on any atom is -0.480 e. The summed E-state index contributed by atoms with van der Waals surface area (Å²) in [7, 11) is 0. The largest absolute Gasteiger partial charge is 0.480 e. The lowest BCUT2D eigenvalue weighted by molar-refractivity contribution is -0.137. The topological polar surface area (TPSA) is 42.4 Å². The van der Waals surface area contributed by atoms with Crippen LogP contribution in [0.1, 0.15) is 77.0 Å². The number of anilines is 1. The van der Waals surface area contributed by atoms with Crippen molar-refractivity contribution in [3.8, 4) is 16.3 Å². The summed E-state index contributed by atoms with van der Waals surface area (Å²) in [5.74, 6) is 0.656. The smallest absolute Gasteiger partial charge is 0.416 e. The number of hydrogen-bond acceptors (Lipinski definition) is 6. The van der Waals surface area contributed by atoms with Crippen LogP contribution in [-0.2, 0) is 24.1 Å². The third-order valence-electron chi connectivity index (χ3n) is 5.46. The van der Waals surface area contributed by atoms with Gasteiger partial charge in [-0.2, -0.15) is 13.2 Å². The highest BCUT2D eigenvalue weighted by Gasteiger charge is 2.30. The normalized spacial score (nSPS) is 10.7. The summed E-state index contributed by atoms with van der Waals surface area (Å²) >= 11 is 3.10. The molecule has 0 saturated carbocycles. The predicted molar refractivity (Wildman–Crippen MR) is 173 cm³/mol. The number of rotatable bonds is 9. The van der Waals surface area contributed by atoms with E-state index in [1.165, 1.54) is 28.3 Å². The molecule has 42 heavy (non-hydrogen) atoms. The number of carbonyl (C=O) groups excluding carboxylic acids is 1. The van der Waals surface area contributed by atoms with Gasteiger partial charge in [-0.3, -0.25) is 4.79 Å². The maximum atomic E-state index is 12.9. The van der Waals surface area contributed by atoms with Gasteiger partial charge in [-0.05, 0) is 61.5 Å². The second-order valence-electron chi connectivity index (χ2n) is 8.94. The summed E-state index contributed by atoms with van der Waals surface area (Å²) in [6, 6.07) is 15.0. The maximum absolute atomic E-state index is 12.9. The first-order chi connectivity index (χ1) is 20.0. The molecule has 0 spiro atoms. The lowest BCUT2D eigenvalue weighted by Crippen LogP contribution is -2.30. The molecule has 0 aliphatic heterocycles. The molecule has 2 aromatic heterocycles. The molecular weight excluding hydrogens is 578 g/mol. The molecule has 2 heterocycles. The van der Waals surface area contributed by atoms with Crippen LogP contribution in [0.4, 0.5) is 18.2 Å². The summed E-state index contributed by atoms with van der Waals surface area (Å²) in [6.07, 6.45) is -1.82. The quantitative estimate of drug-likeness (QED) is 0.175. The number of nitrogens with zero attached hydrogens (tertiary/aromatic N) is 2. The van der Waals surface area contributed by atoms with Crippen molar-refractivity contribution in [2.75, 3.05) is 4.90 Å². The molecule has 230 valence electrons. The van der Waals surface area contributed by atoms with Crippen LogP contribution in [-0.4, -0.2) is 16.9 Å². The van der Waals surface area contributed by atoms with E-state index in [-0.39, 0.29) is 0 Å². The van der Waals surface area contributed by atoms with Crippen LogP contribution >= 0.6 is 22.7 Å². The molecular formula is C33H43F3N2O2S2. The van der Waals surface area contributed by atoms with Crippen molar-refractivity contribution in [1.29, 1.82) is 0 Å². The Morgan fingerprint density at radius 1 is 0.929 bits per heavy atom. The highest BCUT2D eigenvalue weighted by Crippen LogP contribution is 2.36. The standard InChI is InChI=1S/C27H25F3N2O2S2.3C2H6/c1-18-13-19(6-11-23(18)34-26(2,3)17-33)15-32(16-22-5-4-12-35-22)24-14-31-25(36-24)20-7-9-21(10-8-20)27(28,29)30;3*1-2/h4-14,17H,15-16H2,1-3H3;3*1-2H3.